The lowest BCUT2D eigenvalue weighted by Gasteiger charge is -2.24. The Hall–Kier alpha value is -1.30. The van der Waals surface area contributed by atoms with Crippen molar-refractivity contribution in [3.05, 3.63) is 22.3 Å². The Morgan fingerprint density at radius 3 is 3.00 bits per heavy atom. The van der Waals surface area contributed by atoms with E-state index in [4.69, 9.17) is 10.9 Å². The van der Waals surface area contributed by atoms with Crippen LogP contribution >= 0.6 is 15.9 Å². The number of nitrogens with zero attached hydrogens (tertiary/aromatic N) is 3. The van der Waals surface area contributed by atoms with Crippen molar-refractivity contribution in [2.24, 2.45) is 10.9 Å². The van der Waals surface area contributed by atoms with Gasteiger partial charge >= 0.3 is 0 Å². The van der Waals surface area contributed by atoms with Gasteiger partial charge in [-0.25, -0.2) is 4.98 Å². The molecule has 0 radical (unpaired) electrons. The van der Waals surface area contributed by atoms with E-state index in [2.05, 4.69) is 31.0 Å². The molecule has 0 unspecified atom stereocenters. The first kappa shape index (κ1) is 13.1. The fourth-order valence-corrected chi connectivity index (χ4v) is 2.32. The second kappa shape index (κ2) is 5.56. The number of aryl methyl sites for hydroxylation is 1. The molecule has 0 atom stereocenters. The molecule has 0 bridgehead atoms. The van der Waals surface area contributed by atoms with E-state index in [0.717, 1.165) is 22.4 Å². The number of nitrogens with two attached hydrogens (primary N) is 1. The van der Waals surface area contributed by atoms with Crippen molar-refractivity contribution in [3.63, 3.8) is 0 Å². The molecular formula is C12H17BrN4O. The van der Waals surface area contributed by atoms with Crippen LogP contribution in [-0.2, 0) is 0 Å². The van der Waals surface area contributed by atoms with Gasteiger partial charge in [0.05, 0.1) is 4.47 Å². The third-order valence-electron chi connectivity index (χ3n) is 3.06. The fourth-order valence-electron chi connectivity index (χ4n) is 1.86. The predicted molar refractivity (Wildman–Crippen MR) is 75.1 cm³/mol. The zero-order chi connectivity index (χ0) is 13.1. The first-order chi connectivity index (χ1) is 8.63. The van der Waals surface area contributed by atoms with Crippen LogP contribution in [0, 0.1) is 6.92 Å². The van der Waals surface area contributed by atoms with E-state index >= 15 is 0 Å². The minimum absolute atomic E-state index is 0.254. The molecule has 1 aliphatic carbocycles. The zero-order valence-electron chi connectivity index (χ0n) is 10.3. The number of aromatic nitrogens is 1. The number of oxime groups is 1. The Morgan fingerprint density at radius 2 is 2.39 bits per heavy atom. The summed E-state index contributed by atoms with van der Waals surface area (Å²) in [6.45, 7) is 2.76. The number of hydrogen-bond acceptors (Lipinski definition) is 4. The summed E-state index contributed by atoms with van der Waals surface area (Å²) in [6, 6.07) is 2.50. The monoisotopic (exact) mass is 312 g/mol. The molecule has 1 aromatic rings. The molecule has 1 fully saturated rings. The molecule has 1 saturated carbocycles. The van der Waals surface area contributed by atoms with E-state index in [-0.39, 0.29) is 5.84 Å². The molecule has 6 heteroatoms. The average Bonchev–Trinajstić information content (AvgIpc) is 3.18. The van der Waals surface area contributed by atoms with Crippen LogP contribution in [0.2, 0.25) is 0 Å². The zero-order valence-corrected chi connectivity index (χ0v) is 11.9. The van der Waals surface area contributed by atoms with E-state index in [1.807, 2.05) is 19.2 Å². The van der Waals surface area contributed by atoms with E-state index < -0.39 is 0 Å². The Labute approximate surface area is 115 Å². The van der Waals surface area contributed by atoms with Gasteiger partial charge in [-0.1, -0.05) is 5.16 Å². The molecule has 3 N–H and O–H groups in total. The average molecular weight is 313 g/mol. The summed E-state index contributed by atoms with van der Waals surface area (Å²) >= 11 is 3.59. The molecule has 0 aromatic carbocycles. The Bertz CT molecular complexity index is 459. The van der Waals surface area contributed by atoms with Gasteiger partial charge in [-0.2, -0.15) is 0 Å². The third-order valence-corrected chi connectivity index (χ3v) is 4.04. The molecule has 0 aliphatic heterocycles. The SMILES string of the molecule is Cc1ccnc(N(CC/C(N)=N/O)C2CC2)c1Br. The van der Waals surface area contributed by atoms with Crippen molar-refractivity contribution in [3.8, 4) is 0 Å². The molecule has 5 nitrogen and oxygen atoms in total. The quantitative estimate of drug-likeness (QED) is 0.378. The second-order valence-corrected chi connectivity index (χ2v) is 5.32. The smallest absolute Gasteiger partial charge is 0.143 e. The minimum atomic E-state index is 0.254. The van der Waals surface area contributed by atoms with Crippen molar-refractivity contribution in [1.29, 1.82) is 0 Å². The van der Waals surface area contributed by atoms with Gasteiger partial charge in [0.1, 0.15) is 11.7 Å². The van der Waals surface area contributed by atoms with Crippen LogP contribution in [0.25, 0.3) is 0 Å². The molecule has 1 heterocycles. The van der Waals surface area contributed by atoms with Crippen LogP contribution in [0.4, 0.5) is 5.82 Å². The normalized spacial score (nSPS) is 15.8. The van der Waals surface area contributed by atoms with Gasteiger partial charge in [-0.05, 0) is 47.3 Å². The first-order valence-electron chi connectivity index (χ1n) is 5.97. The van der Waals surface area contributed by atoms with Crippen LogP contribution in [0.5, 0.6) is 0 Å². The highest BCUT2D eigenvalue weighted by Gasteiger charge is 2.31. The largest absolute Gasteiger partial charge is 0.409 e. The highest BCUT2D eigenvalue weighted by atomic mass is 79.9. The van der Waals surface area contributed by atoms with Gasteiger partial charge in [0.25, 0.3) is 0 Å². The predicted octanol–water partition coefficient (Wildman–Crippen LogP) is 2.26. The number of pyridine rings is 1. The Balaban J connectivity index is 2.17. The lowest BCUT2D eigenvalue weighted by Crippen LogP contribution is -2.31. The number of anilines is 1. The molecule has 0 saturated heterocycles. The number of hydrogen-bond donors (Lipinski definition) is 2. The minimum Gasteiger partial charge on any atom is -0.409 e. The summed E-state index contributed by atoms with van der Waals surface area (Å²) in [5.41, 5.74) is 6.69. The molecule has 2 rings (SSSR count). The van der Waals surface area contributed by atoms with Crippen molar-refractivity contribution < 1.29 is 5.21 Å². The summed E-state index contributed by atoms with van der Waals surface area (Å²) in [4.78, 5) is 6.67. The summed E-state index contributed by atoms with van der Waals surface area (Å²) < 4.78 is 1.02. The van der Waals surface area contributed by atoms with E-state index in [0.29, 0.717) is 12.5 Å². The molecular weight excluding hydrogens is 296 g/mol. The van der Waals surface area contributed by atoms with Gasteiger partial charge in [0, 0.05) is 25.2 Å². The van der Waals surface area contributed by atoms with Crippen LogP contribution in [0.15, 0.2) is 21.9 Å². The molecule has 98 valence electrons. The van der Waals surface area contributed by atoms with Crippen molar-refractivity contribution in [2.75, 3.05) is 11.4 Å². The molecule has 1 aromatic heterocycles. The first-order valence-corrected chi connectivity index (χ1v) is 6.77. The molecule has 18 heavy (non-hydrogen) atoms. The van der Waals surface area contributed by atoms with Crippen LogP contribution in [0.3, 0.4) is 0 Å². The molecule has 0 amide bonds. The summed E-state index contributed by atoms with van der Waals surface area (Å²) in [5, 5.41) is 11.6. The summed E-state index contributed by atoms with van der Waals surface area (Å²) in [5.74, 6) is 1.20. The lowest BCUT2D eigenvalue weighted by atomic mass is 10.2. The van der Waals surface area contributed by atoms with E-state index in [1.54, 1.807) is 0 Å². The number of halogens is 1. The van der Waals surface area contributed by atoms with Crippen LogP contribution in [-0.4, -0.2) is 28.6 Å². The molecule has 1 aliphatic rings. The Kier molecular flexibility index (Phi) is 4.06. The number of amidine groups is 1. The molecule has 0 spiro atoms. The third kappa shape index (κ3) is 2.93. The van der Waals surface area contributed by atoms with Gasteiger partial charge < -0.3 is 15.8 Å². The maximum Gasteiger partial charge on any atom is 0.143 e. The van der Waals surface area contributed by atoms with Gasteiger partial charge in [0.2, 0.25) is 0 Å². The van der Waals surface area contributed by atoms with E-state index in [1.165, 1.54) is 12.8 Å². The van der Waals surface area contributed by atoms with E-state index in [9.17, 15) is 0 Å². The second-order valence-electron chi connectivity index (χ2n) is 4.53. The maximum atomic E-state index is 8.59. The lowest BCUT2D eigenvalue weighted by molar-refractivity contribution is 0.317. The standard InChI is InChI=1S/C12H17BrN4O/c1-8-4-6-15-12(11(8)13)17(9-2-3-9)7-5-10(14)16-18/h4,6,9,18H,2-3,5,7H2,1H3,(H2,14,16). The van der Waals surface area contributed by atoms with Gasteiger partial charge in [-0.3, -0.25) is 0 Å². The highest BCUT2D eigenvalue weighted by Crippen LogP contribution is 2.35. The van der Waals surface area contributed by atoms with Crippen LogP contribution < -0.4 is 10.6 Å². The highest BCUT2D eigenvalue weighted by molar-refractivity contribution is 9.10. The van der Waals surface area contributed by atoms with Crippen molar-refractivity contribution in [2.45, 2.75) is 32.2 Å². The van der Waals surface area contributed by atoms with Crippen molar-refractivity contribution in [1.82, 2.24) is 4.98 Å². The Morgan fingerprint density at radius 1 is 1.67 bits per heavy atom. The van der Waals surface area contributed by atoms with Crippen LogP contribution in [0.1, 0.15) is 24.8 Å². The maximum absolute atomic E-state index is 8.59. The number of rotatable bonds is 5. The van der Waals surface area contributed by atoms with Gasteiger partial charge in [-0.15, -0.1) is 0 Å². The fraction of sp³-hybridized carbons (Fsp3) is 0.500. The summed E-state index contributed by atoms with van der Waals surface area (Å²) in [7, 11) is 0. The summed E-state index contributed by atoms with van der Waals surface area (Å²) in [6.07, 6.45) is 4.71. The van der Waals surface area contributed by atoms with Gasteiger partial charge in [0.15, 0.2) is 0 Å². The van der Waals surface area contributed by atoms with Crippen molar-refractivity contribution >= 4 is 27.6 Å². The topological polar surface area (TPSA) is 74.7 Å².